The Balaban J connectivity index is 1.20. The van der Waals surface area contributed by atoms with Gasteiger partial charge in [-0.05, 0) is 56.1 Å². The Kier molecular flexibility index (Phi) is 7.05. The summed E-state index contributed by atoms with van der Waals surface area (Å²) >= 11 is 0. The van der Waals surface area contributed by atoms with Crippen molar-refractivity contribution in [3.05, 3.63) is 65.0 Å². The van der Waals surface area contributed by atoms with Gasteiger partial charge >= 0.3 is 0 Å². The summed E-state index contributed by atoms with van der Waals surface area (Å²) in [5, 5.41) is 6.05. The first-order valence-electron chi connectivity index (χ1n) is 11.3. The van der Waals surface area contributed by atoms with Crippen molar-refractivity contribution in [3.63, 3.8) is 0 Å². The van der Waals surface area contributed by atoms with Gasteiger partial charge in [0.2, 0.25) is 11.8 Å². The number of ether oxygens (including phenoxy) is 1. The first-order chi connectivity index (χ1) is 15.5. The van der Waals surface area contributed by atoms with Crippen LogP contribution < -0.4 is 15.4 Å². The van der Waals surface area contributed by atoms with E-state index in [2.05, 4.69) is 15.5 Å². The van der Waals surface area contributed by atoms with E-state index in [9.17, 15) is 14.0 Å². The number of halogens is 1. The van der Waals surface area contributed by atoms with E-state index in [1.807, 2.05) is 30.3 Å². The van der Waals surface area contributed by atoms with Crippen molar-refractivity contribution in [2.24, 2.45) is 5.92 Å². The number of amides is 2. The van der Waals surface area contributed by atoms with Crippen LogP contribution >= 0.6 is 0 Å². The fourth-order valence-electron chi connectivity index (χ4n) is 4.37. The van der Waals surface area contributed by atoms with Gasteiger partial charge in [0.15, 0.2) is 0 Å². The van der Waals surface area contributed by atoms with Crippen molar-refractivity contribution >= 4 is 11.8 Å². The van der Waals surface area contributed by atoms with E-state index in [1.165, 1.54) is 6.07 Å². The smallest absolute Gasteiger partial charge is 0.234 e. The first-order valence-corrected chi connectivity index (χ1v) is 11.3. The van der Waals surface area contributed by atoms with E-state index < -0.39 is 0 Å². The van der Waals surface area contributed by atoms with Crippen LogP contribution in [0.5, 0.6) is 5.75 Å². The molecular weight excluding hydrogens is 409 g/mol. The molecule has 2 aromatic carbocycles. The van der Waals surface area contributed by atoms with Gasteiger partial charge in [0, 0.05) is 24.4 Å². The lowest BCUT2D eigenvalue weighted by Crippen LogP contribution is -2.45. The molecule has 0 bridgehead atoms. The standard InChI is InChI=1S/C25H30FN3O3/c1-17-6-7-18(14-21(17)26)15-27-25(31)19-8-11-29(12-9-19)16-24(30)28-22-10-13-32-23-5-3-2-4-20(22)23/h2-7,14,19,22H,8-13,15-16H2,1H3,(H,27,31)(H,28,30). The zero-order valence-corrected chi connectivity index (χ0v) is 18.4. The van der Waals surface area contributed by atoms with Crippen LogP contribution in [0.1, 0.15) is 42.0 Å². The fraction of sp³-hybridized carbons (Fsp3) is 0.440. The molecule has 0 aromatic heterocycles. The number of piperidine rings is 1. The van der Waals surface area contributed by atoms with E-state index >= 15 is 0 Å². The number of hydrogen-bond acceptors (Lipinski definition) is 4. The molecule has 2 aromatic rings. The zero-order chi connectivity index (χ0) is 22.5. The highest BCUT2D eigenvalue weighted by Gasteiger charge is 2.27. The van der Waals surface area contributed by atoms with Crippen molar-refractivity contribution in [2.45, 2.75) is 38.8 Å². The number of hydrogen-bond donors (Lipinski definition) is 2. The van der Waals surface area contributed by atoms with Gasteiger partial charge in [-0.25, -0.2) is 4.39 Å². The Hall–Kier alpha value is -2.93. The molecule has 0 saturated carbocycles. The number of benzene rings is 2. The van der Waals surface area contributed by atoms with E-state index in [0.717, 1.165) is 23.3 Å². The molecule has 0 aliphatic carbocycles. The Morgan fingerprint density at radius 1 is 1.12 bits per heavy atom. The number of likely N-dealkylation sites (tertiary alicyclic amines) is 1. The van der Waals surface area contributed by atoms with Crippen molar-refractivity contribution in [1.82, 2.24) is 15.5 Å². The lowest BCUT2D eigenvalue weighted by Gasteiger charge is -2.32. The summed E-state index contributed by atoms with van der Waals surface area (Å²) in [6, 6.07) is 12.8. The number of carbonyl (C=O) groups is 2. The van der Waals surface area contributed by atoms with Crippen LogP contribution in [0.3, 0.4) is 0 Å². The summed E-state index contributed by atoms with van der Waals surface area (Å²) in [7, 11) is 0. The Bertz CT molecular complexity index is 973. The van der Waals surface area contributed by atoms with Crippen LogP contribution in [0.4, 0.5) is 4.39 Å². The number of carbonyl (C=O) groups excluding carboxylic acids is 2. The van der Waals surface area contributed by atoms with E-state index in [4.69, 9.17) is 4.74 Å². The van der Waals surface area contributed by atoms with Gasteiger partial charge in [-0.1, -0.05) is 30.3 Å². The third-order valence-corrected chi connectivity index (χ3v) is 6.32. The molecule has 6 nitrogen and oxygen atoms in total. The van der Waals surface area contributed by atoms with Crippen LogP contribution in [0.2, 0.25) is 0 Å². The van der Waals surface area contributed by atoms with Gasteiger partial charge in [0.1, 0.15) is 11.6 Å². The Morgan fingerprint density at radius 2 is 1.91 bits per heavy atom. The highest BCUT2D eigenvalue weighted by Crippen LogP contribution is 2.31. The minimum absolute atomic E-state index is 0.00370. The lowest BCUT2D eigenvalue weighted by molar-refractivity contribution is -0.127. The second-order valence-electron chi connectivity index (χ2n) is 8.65. The second kappa shape index (κ2) is 10.1. The summed E-state index contributed by atoms with van der Waals surface area (Å²) in [6.45, 7) is 4.37. The molecule has 170 valence electrons. The highest BCUT2D eigenvalue weighted by molar-refractivity contribution is 5.79. The van der Waals surface area contributed by atoms with Gasteiger partial charge in [-0.3, -0.25) is 14.5 Å². The molecule has 0 radical (unpaired) electrons. The topological polar surface area (TPSA) is 70.7 Å². The quantitative estimate of drug-likeness (QED) is 0.726. The predicted octanol–water partition coefficient (Wildman–Crippen LogP) is 3.10. The summed E-state index contributed by atoms with van der Waals surface area (Å²) in [4.78, 5) is 27.2. The molecule has 1 unspecified atom stereocenters. The predicted molar refractivity (Wildman–Crippen MR) is 120 cm³/mol. The number of rotatable bonds is 6. The van der Waals surface area contributed by atoms with Gasteiger partial charge < -0.3 is 15.4 Å². The molecule has 2 N–H and O–H groups in total. The Morgan fingerprint density at radius 3 is 2.69 bits per heavy atom. The maximum atomic E-state index is 13.7. The summed E-state index contributed by atoms with van der Waals surface area (Å²) in [5.41, 5.74) is 2.37. The normalized spacial score (nSPS) is 19.0. The van der Waals surface area contributed by atoms with Crippen LogP contribution in [-0.2, 0) is 16.1 Å². The lowest BCUT2D eigenvalue weighted by atomic mass is 9.95. The van der Waals surface area contributed by atoms with E-state index in [0.29, 0.717) is 51.2 Å². The minimum atomic E-state index is -0.257. The largest absolute Gasteiger partial charge is 0.493 e. The molecule has 2 aliphatic rings. The van der Waals surface area contributed by atoms with Crippen molar-refractivity contribution in [3.8, 4) is 5.75 Å². The number of nitrogens with zero attached hydrogens (tertiary/aromatic N) is 1. The Labute approximate surface area is 188 Å². The van der Waals surface area contributed by atoms with E-state index in [-0.39, 0.29) is 29.6 Å². The monoisotopic (exact) mass is 439 g/mol. The average molecular weight is 440 g/mol. The second-order valence-corrected chi connectivity index (χ2v) is 8.65. The van der Waals surface area contributed by atoms with Gasteiger partial charge in [0.05, 0.1) is 19.2 Å². The van der Waals surface area contributed by atoms with Gasteiger partial charge in [-0.15, -0.1) is 0 Å². The first kappa shape index (κ1) is 22.3. The van der Waals surface area contributed by atoms with Crippen molar-refractivity contribution < 1.29 is 18.7 Å². The van der Waals surface area contributed by atoms with Crippen LogP contribution in [0, 0.1) is 18.7 Å². The van der Waals surface area contributed by atoms with Gasteiger partial charge in [0.25, 0.3) is 0 Å². The molecule has 1 saturated heterocycles. The molecule has 0 spiro atoms. The van der Waals surface area contributed by atoms with Crippen LogP contribution in [0.25, 0.3) is 0 Å². The van der Waals surface area contributed by atoms with Crippen molar-refractivity contribution in [2.75, 3.05) is 26.2 Å². The number of nitrogens with one attached hydrogen (secondary N) is 2. The third kappa shape index (κ3) is 5.46. The molecule has 32 heavy (non-hydrogen) atoms. The average Bonchev–Trinajstić information content (AvgIpc) is 2.80. The molecule has 2 aliphatic heterocycles. The molecule has 7 heteroatoms. The molecule has 1 fully saturated rings. The zero-order valence-electron chi connectivity index (χ0n) is 18.4. The number of para-hydroxylation sites is 1. The van der Waals surface area contributed by atoms with E-state index in [1.54, 1.807) is 13.0 Å². The SMILES string of the molecule is Cc1ccc(CNC(=O)C2CCN(CC(=O)NC3CCOc4ccccc43)CC2)cc1F. The summed E-state index contributed by atoms with van der Waals surface area (Å²) in [6.07, 6.45) is 2.18. The third-order valence-electron chi connectivity index (χ3n) is 6.32. The van der Waals surface area contributed by atoms with Crippen LogP contribution in [-0.4, -0.2) is 43.0 Å². The summed E-state index contributed by atoms with van der Waals surface area (Å²) in [5.74, 6) is 0.494. The highest BCUT2D eigenvalue weighted by atomic mass is 19.1. The maximum absolute atomic E-state index is 13.7. The molecule has 4 rings (SSSR count). The van der Waals surface area contributed by atoms with Crippen molar-refractivity contribution in [1.29, 1.82) is 0 Å². The maximum Gasteiger partial charge on any atom is 0.234 e. The molecule has 2 heterocycles. The molecule has 1 atom stereocenters. The fourth-order valence-corrected chi connectivity index (χ4v) is 4.37. The van der Waals surface area contributed by atoms with Gasteiger partial charge in [-0.2, -0.15) is 0 Å². The number of fused-ring (bicyclic) bond motifs is 1. The number of aryl methyl sites for hydroxylation is 1. The minimum Gasteiger partial charge on any atom is -0.493 e. The molecule has 2 amide bonds. The molecular formula is C25H30FN3O3. The van der Waals surface area contributed by atoms with Crippen LogP contribution in [0.15, 0.2) is 42.5 Å². The summed E-state index contributed by atoms with van der Waals surface area (Å²) < 4.78 is 19.3.